The van der Waals surface area contributed by atoms with E-state index in [4.69, 9.17) is 0 Å². The molecule has 2 unspecified atom stereocenters. The molecule has 0 radical (unpaired) electrons. The van der Waals surface area contributed by atoms with Crippen LogP contribution < -0.4 is 0 Å². The molecule has 2 nitrogen and oxygen atoms in total. The molecule has 0 N–H and O–H groups in total. The van der Waals surface area contributed by atoms with Crippen LogP contribution in [0.5, 0.6) is 0 Å². The zero-order valence-electron chi connectivity index (χ0n) is 13.4. The lowest BCUT2D eigenvalue weighted by molar-refractivity contribution is -0.131. The van der Waals surface area contributed by atoms with Gasteiger partial charge in [-0.25, -0.2) is 0 Å². The van der Waals surface area contributed by atoms with Crippen LogP contribution in [0.2, 0.25) is 0 Å². The monoisotopic (exact) mass is 323 g/mol. The van der Waals surface area contributed by atoms with Gasteiger partial charge in [-0.3, -0.25) is 4.79 Å². The molecule has 1 amide bonds. The fourth-order valence-electron chi connectivity index (χ4n) is 3.74. The van der Waals surface area contributed by atoms with Crippen molar-refractivity contribution in [1.29, 1.82) is 0 Å². The van der Waals surface area contributed by atoms with Gasteiger partial charge in [0, 0.05) is 18.0 Å². The van der Waals surface area contributed by atoms with E-state index in [0.717, 1.165) is 25.7 Å². The third-order valence-corrected chi connectivity index (χ3v) is 6.44. The summed E-state index contributed by atoms with van der Waals surface area (Å²) in [6.07, 6.45) is 4.01. The van der Waals surface area contributed by atoms with E-state index in [1.54, 1.807) is 11.8 Å². The first-order valence-corrected chi connectivity index (χ1v) is 9.18. The third kappa shape index (κ3) is 2.78. The second kappa shape index (κ2) is 6.04. The fourth-order valence-corrected chi connectivity index (χ4v) is 5.03. The Kier molecular flexibility index (Phi) is 3.90. The van der Waals surface area contributed by atoms with Gasteiger partial charge in [-0.2, -0.15) is 0 Å². The van der Waals surface area contributed by atoms with Gasteiger partial charge in [-0.1, -0.05) is 42.5 Å². The van der Waals surface area contributed by atoms with Gasteiger partial charge in [0.25, 0.3) is 0 Å². The lowest BCUT2D eigenvalue weighted by Gasteiger charge is -2.33. The highest BCUT2D eigenvalue weighted by Gasteiger charge is 2.33. The van der Waals surface area contributed by atoms with E-state index >= 15 is 0 Å². The van der Waals surface area contributed by atoms with Gasteiger partial charge < -0.3 is 4.90 Å². The predicted molar refractivity (Wildman–Crippen MR) is 94.8 cm³/mol. The highest BCUT2D eigenvalue weighted by Crippen LogP contribution is 2.38. The van der Waals surface area contributed by atoms with Crippen LogP contribution in [0.15, 0.2) is 53.4 Å². The number of amides is 1. The summed E-state index contributed by atoms with van der Waals surface area (Å²) in [6, 6.07) is 17.4. The molecule has 2 atom stereocenters. The van der Waals surface area contributed by atoms with E-state index in [2.05, 4.69) is 48.5 Å². The Labute approximate surface area is 141 Å². The molecule has 1 aliphatic heterocycles. The standard InChI is InChI=1S/C20H21NOS/c1-21(17-11-10-14-6-2-3-7-15(14)12-17)20(22)19-13-16-8-4-5-9-18(16)23-19/h2-9,17,19H,10-13H2,1H3. The fraction of sp³-hybridized carbons (Fsp3) is 0.350. The van der Waals surface area contributed by atoms with Gasteiger partial charge >= 0.3 is 0 Å². The third-order valence-electron chi connectivity index (χ3n) is 5.14. The maximum Gasteiger partial charge on any atom is 0.236 e. The predicted octanol–water partition coefficient (Wildman–Crippen LogP) is 3.72. The van der Waals surface area contributed by atoms with Crippen LogP contribution in [0.4, 0.5) is 0 Å². The van der Waals surface area contributed by atoms with Gasteiger partial charge in [-0.15, -0.1) is 11.8 Å². The SMILES string of the molecule is CN(C(=O)C1Cc2ccccc2S1)C1CCc2ccccc2C1. The van der Waals surface area contributed by atoms with Crippen molar-refractivity contribution in [2.24, 2.45) is 0 Å². The summed E-state index contributed by atoms with van der Waals surface area (Å²) >= 11 is 1.73. The first kappa shape index (κ1) is 14.8. The number of fused-ring (bicyclic) bond motifs is 2. The summed E-state index contributed by atoms with van der Waals surface area (Å²) in [5.41, 5.74) is 4.18. The molecule has 23 heavy (non-hydrogen) atoms. The Bertz CT molecular complexity index is 717. The minimum atomic E-state index is 0.0505. The van der Waals surface area contributed by atoms with Crippen molar-refractivity contribution in [3.8, 4) is 0 Å². The van der Waals surface area contributed by atoms with Crippen molar-refractivity contribution < 1.29 is 4.79 Å². The molecule has 0 spiro atoms. The van der Waals surface area contributed by atoms with Crippen molar-refractivity contribution >= 4 is 17.7 Å². The summed E-state index contributed by atoms with van der Waals surface area (Å²) in [4.78, 5) is 16.2. The van der Waals surface area contributed by atoms with Crippen molar-refractivity contribution in [3.05, 3.63) is 65.2 Å². The number of hydrogen-bond donors (Lipinski definition) is 0. The number of hydrogen-bond acceptors (Lipinski definition) is 2. The van der Waals surface area contributed by atoms with E-state index in [1.807, 2.05) is 11.9 Å². The number of nitrogens with zero attached hydrogens (tertiary/aromatic N) is 1. The highest BCUT2D eigenvalue weighted by atomic mass is 32.2. The van der Waals surface area contributed by atoms with E-state index in [9.17, 15) is 4.79 Å². The van der Waals surface area contributed by atoms with E-state index in [0.29, 0.717) is 6.04 Å². The molecule has 0 saturated carbocycles. The molecule has 0 bridgehead atoms. The number of thioether (sulfide) groups is 1. The van der Waals surface area contributed by atoms with Crippen LogP contribution in [-0.2, 0) is 24.1 Å². The Morgan fingerprint density at radius 2 is 1.70 bits per heavy atom. The van der Waals surface area contributed by atoms with E-state index in [-0.39, 0.29) is 11.2 Å². The van der Waals surface area contributed by atoms with Gasteiger partial charge in [0.1, 0.15) is 0 Å². The molecular weight excluding hydrogens is 302 g/mol. The number of aryl methyl sites for hydroxylation is 1. The maximum absolute atomic E-state index is 12.9. The molecule has 118 valence electrons. The van der Waals surface area contributed by atoms with Gasteiger partial charge in [0.05, 0.1) is 5.25 Å². The first-order valence-electron chi connectivity index (χ1n) is 8.30. The summed E-state index contributed by atoms with van der Waals surface area (Å²) < 4.78 is 0. The van der Waals surface area contributed by atoms with Crippen molar-refractivity contribution in [2.75, 3.05) is 7.05 Å². The molecule has 4 rings (SSSR count). The van der Waals surface area contributed by atoms with Gasteiger partial charge in [-0.05, 0) is 48.4 Å². The quantitative estimate of drug-likeness (QED) is 0.839. The van der Waals surface area contributed by atoms with Crippen LogP contribution >= 0.6 is 11.8 Å². The van der Waals surface area contributed by atoms with E-state index in [1.165, 1.54) is 21.6 Å². The second-order valence-electron chi connectivity index (χ2n) is 6.53. The molecule has 1 aliphatic carbocycles. The molecule has 0 saturated heterocycles. The molecular formula is C20H21NOS. The van der Waals surface area contributed by atoms with E-state index < -0.39 is 0 Å². The van der Waals surface area contributed by atoms with Crippen molar-refractivity contribution in [1.82, 2.24) is 4.90 Å². The molecule has 1 heterocycles. The maximum atomic E-state index is 12.9. The van der Waals surface area contributed by atoms with Crippen LogP contribution in [-0.4, -0.2) is 29.1 Å². The molecule has 2 aromatic carbocycles. The Morgan fingerprint density at radius 1 is 1.00 bits per heavy atom. The van der Waals surface area contributed by atoms with Crippen LogP contribution in [0.25, 0.3) is 0 Å². The number of benzene rings is 2. The number of rotatable bonds is 2. The second-order valence-corrected chi connectivity index (χ2v) is 7.78. The Hall–Kier alpha value is -1.74. The summed E-state index contributed by atoms with van der Waals surface area (Å²) in [7, 11) is 1.99. The van der Waals surface area contributed by atoms with Crippen molar-refractivity contribution in [3.63, 3.8) is 0 Å². The lowest BCUT2D eigenvalue weighted by atomic mass is 9.87. The molecule has 0 fully saturated rings. The Balaban J connectivity index is 1.46. The Morgan fingerprint density at radius 3 is 2.48 bits per heavy atom. The van der Waals surface area contributed by atoms with Gasteiger partial charge in [0.2, 0.25) is 5.91 Å². The smallest absolute Gasteiger partial charge is 0.236 e. The molecule has 2 aromatic rings. The number of likely N-dealkylation sites (N-methyl/N-ethyl adjacent to an activating group) is 1. The normalized spacial score (nSPS) is 22.3. The molecule has 0 aromatic heterocycles. The van der Waals surface area contributed by atoms with Crippen LogP contribution in [0, 0.1) is 0 Å². The van der Waals surface area contributed by atoms with Crippen LogP contribution in [0.1, 0.15) is 23.1 Å². The zero-order valence-corrected chi connectivity index (χ0v) is 14.2. The molecule has 2 aliphatic rings. The largest absolute Gasteiger partial charge is 0.341 e. The summed E-state index contributed by atoms with van der Waals surface area (Å²) in [5.74, 6) is 0.288. The summed E-state index contributed by atoms with van der Waals surface area (Å²) in [5, 5.41) is 0.0505. The number of carbonyl (C=O) groups excluding carboxylic acids is 1. The highest BCUT2D eigenvalue weighted by molar-refractivity contribution is 8.01. The zero-order chi connectivity index (χ0) is 15.8. The van der Waals surface area contributed by atoms with Crippen LogP contribution in [0.3, 0.4) is 0 Å². The number of carbonyl (C=O) groups is 1. The van der Waals surface area contributed by atoms with Gasteiger partial charge in [0.15, 0.2) is 0 Å². The minimum Gasteiger partial charge on any atom is -0.341 e. The first-order chi connectivity index (χ1) is 11.2. The topological polar surface area (TPSA) is 20.3 Å². The van der Waals surface area contributed by atoms with Crippen molar-refractivity contribution in [2.45, 2.75) is 41.9 Å². The summed E-state index contributed by atoms with van der Waals surface area (Å²) in [6.45, 7) is 0. The molecule has 3 heteroatoms. The average molecular weight is 323 g/mol. The minimum absolute atomic E-state index is 0.0505. The average Bonchev–Trinajstić information content (AvgIpc) is 3.04. The lowest BCUT2D eigenvalue weighted by Crippen LogP contribution is -2.44.